The molecule has 0 aliphatic heterocycles. The van der Waals surface area contributed by atoms with Gasteiger partial charge in [0.25, 0.3) is 0 Å². The molecule has 1 atom stereocenters. The Morgan fingerprint density at radius 3 is 2.48 bits per heavy atom. The van der Waals surface area contributed by atoms with Crippen molar-refractivity contribution < 1.29 is 18.3 Å². The van der Waals surface area contributed by atoms with Gasteiger partial charge in [-0.1, -0.05) is 18.2 Å². The molecule has 0 heterocycles. The molecule has 5 nitrogen and oxygen atoms in total. The Balaban J connectivity index is 2.04. The molecule has 1 unspecified atom stereocenters. The van der Waals surface area contributed by atoms with E-state index in [1.54, 1.807) is 36.4 Å². The van der Waals surface area contributed by atoms with Crippen LogP contribution in [0.5, 0.6) is 5.75 Å². The van der Waals surface area contributed by atoms with Crippen molar-refractivity contribution in [3.05, 3.63) is 54.1 Å². The fourth-order valence-electron chi connectivity index (χ4n) is 1.78. The van der Waals surface area contributed by atoms with Crippen LogP contribution in [0, 0.1) is 0 Å². The summed E-state index contributed by atoms with van der Waals surface area (Å²) in [5.41, 5.74) is 6.88. The first-order chi connectivity index (χ1) is 9.86. The maximum Gasteiger partial charge on any atom is 0.175 e. The molecule has 0 radical (unpaired) electrons. The van der Waals surface area contributed by atoms with Crippen LogP contribution in [0.2, 0.25) is 0 Å². The number of aliphatic hydroxyl groups excluding tert-OH is 1. The van der Waals surface area contributed by atoms with Gasteiger partial charge in [0.2, 0.25) is 0 Å². The fourth-order valence-corrected chi connectivity index (χ4v) is 2.44. The molecule has 2 aromatic rings. The molecule has 0 saturated heterocycles. The predicted octanol–water partition coefficient (Wildman–Crippen LogP) is 1.78. The predicted molar refractivity (Wildman–Crippen MR) is 80.9 cm³/mol. The van der Waals surface area contributed by atoms with Gasteiger partial charge >= 0.3 is 0 Å². The minimum atomic E-state index is -3.28. The van der Waals surface area contributed by atoms with Gasteiger partial charge in [0.1, 0.15) is 18.5 Å². The minimum Gasteiger partial charge on any atom is -0.490 e. The van der Waals surface area contributed by atoms with Crippen LogP contribution in [0.4, 0.5) is 5.69 Å². The normalized spacial score (nSPS) is 12.9. The van der Waals surface area contributed by atoms with Gasteiger partial charge in [-0.2, -0.15) is 0 Å². The minimum absolute atomic E-state index is 0.0249. The SMILES string of the molecule is CS(=O)(=O)c1cccc(OCC(O)c2ccc(N)cc2)c1. The van der Waals surface area contributed by atoms with E-state index in [0.29, 0.717) is 17.0 Å². The van der Waals surface area contributed by atoms with Crippen molar-refractivity contribution in [1.82, 2.24) is 0 Å². The maximum absolute atomic E-state index is 11.5. The molecule has 0 aliphatic carbocycles. The summed E-state index contributed by atoms with van der Waals surface area (Å²) in [6.07, 6.45) is 0.322. The van der Waals surface area contributed by atoms with E-state index >= 15 is 0 Å². The van der Waals surface area contributed by atoms with E-state index in [1.165, 1.54) is 12.1 Å². The van der Waals surface area contributed by atoms with Crippen molar-refractivity contribution in [1.29, 1.82) is 0 Å². The summed E-state index contributed by atoms with van der Waals surface area (Å²) in [5.74, 6) is 0.396. The lowest BCUT2D eigenvalue weighted by Gasteiger charge is -2.13. The zero-order chi connectivity index (χ0) is 15.5. The first-order valence-corrected chi connectivity index (χ1v) is 8.22. The van der Waals surface area contributed by atoms with Gasteiger partial charge in [-0.15, -0.1) is 0 Å². The second kappa shape index (κ2) is 6.15. The smallest absolute Gasteiger partial charge is 0.175 e. The Hall–Kier alpha value is -2.05. The molecule has 3 N–H and O–H groups in total. The lowest BCUT2D eigenvalue weighted by molar-refractivity contribution is 0.108. The van der Waals surface area contributed by atoms with Crippen LogP contribution in [0.3, 0.4) is 0 Å². The zero-order valence-corrected chi connectivity index (χ0v) is 12.4. The molecule has 2 aromatic carbocycles. The number of hydrogen-bond acceptors (Lipinski definition) is 5. The molecule has 0 amide bonds. The molecule has 112 valence electrons. The van der Waals surface area contributed by atoms with E-state index in [9.17, 15) is 13.5 Å². The van der Waals surface area contributed by atoms with Gasteiger partial charge < -0.3 is 15.6 Å². The molecule has 6 heteroatoms. The second-order valence-corrected chi connectivity index (χ2v) is 6.76. The van der Waals surface area contributed by atoms with E-state index in [4.69, 9.17) is 10.5 Å². The third kappa shape index (κ3) is 4.21. The van der Waals surface area contributed by atoms with Crippen molar-refractivity contribution in [2.24, 2.45) is 0 Å². The van der Waals surface area contributed by atoms with E-state index in [1.807, 2.05) is 0 Å². The fraction of sp³-hybridized carbons (Fsp3) is 0.200. The number of hydrogen-bond donors (Lipinski definition) is 2. The molecule has 0 spiro atoms. The molecule has 0 bridgehead atoms. The highest BCUT2D eigenvalue weighted by atomic mass is 32.2. The second-order valence-electron chi connectivity index (χ2n) is 4.74. The monoisotopic (exact) mass is 307 g/mol. The van der Waals surface area contributed by atoms with Crippen LogP contribution in [0.1, 0.15) is 11.7 Å². The lowest BCUT2D eigenvalue weighted by Crippen LogP contribution is -2.10. The number of aliphatic hydroxyl groups is 1. The third-order valence-electron chi connectivity index (χ3n) is 2.96. The maximum atomic E-state index is 11.5. The average Bonchev–Trinajstić information content (AvgIpc) is 2.45. The number of nitrogen functional groups attached to an aromatic ring is 1. The van der Waals surface area contributed by atoms with E-state index in [2.05, 4.69) is 0 Å². The number of rotatable bonds is 5. The highest BCUT2D eigenvalue weighted by Crippen LogP contribution is 2.20. The van der Waals surface area contributed by atoms with Gasteiger partial charge in [-0.05, 0) is 35.9 Å². The highest BCUT2D eigenvalue weighted by Gasteiger charge is 2.11. The largest absolute Gasteiger partial charge is 0.490 e. The Kier molecular flexibility index (Phi) is 4.50. The van der Waals surface area contributed by atoms with Gasteiger partial charge in [-0.25, -0.2) is 8.42 Å². The number of nitrogens with two attached hydrogens (primary N) is 1. The molecule has 0 aromatic heterocycles. The first-order valence-electron chi connectivity index (χ1n) is 6.33. The average molecular weight is 307 g/mol. The summed E-state index contributed by atoms with van der Waals surface area (Å²) in [4.78, 5) is 0.182. The summed E-state index contributed by atoms with van der Waals surface area (Å²) in [6.45, 7) is 0.0249. The Morgan fingerprint density at radius 1 is 1.19 bits per heavy atom. The summed E-state index contributed by atoms with van der Waals surface area (Å²) in [6, 6.07) is 13.0. The van der Waals surface area contributed by atoms with E-state index in [-0.39, 0.29) is 11.5 Å². The van der Waals surface area contributed by atoms with E-state index < -0.39 is 15.9 Å². The van der Waals surface area contributed by atoms with Crippen molar-refractivity contribution >= 4 is 15.5 Å². The van der Waals surface area contributed by atoms with Crippen molar-refractivity contribution in [3.63, 3.8) is 0 Å². The van der Waals surface area contributed by atoms with Gasteiger partial charge in [-0.3, -0.25) is 0 Å². The van der Waals surface area contributed by atoms with Crippen LogP contribution in [-0.4, -0.2) is 26.4 Å². The van der Waals surface area contributed by atoms with Crippen LogP contribution < -0.4 is 10.5 Å². The number of sulfone groups is 1. The molecular weight excluding hydrogens is 290 g/mol. The summed E-state index contributed by atoms with van der Waals surface area (Å²) in [7, 11) is -3.28. The van der Waals surface area contributed by atoms with Gasteiger partial charge in [0, 0.05) is 11.9 Å². The van der Waals surface area contributed by atoms with Crippen LogP contribution >= 0.6 is 0 Å². The number of benzene rings is 2. The Morgan fingerprint density at radius 2 is 1.86 bits per heavy atom. The molecule has 2 rings (SSSR count). The number of ether oxygens (including phenoxy) is 1. The molecular formula is C15H17NO4S. The summed E-state index contributed by atoms with van der Waals surface area (Å²) in [5, 5.41) is 10.0. The standard InChI is InChI=1S/C15H17NO4S/c1-21(18,19)14-4-2-3-13(9-14)20-10-15(17)11-5-7-12(16)8-6-11/h2-9,15,17H,10,16H2,1H3. The first kappa shape index (κ1) is 15.3. The Bertz CT molecular complexity index is 711. The van der Waals surface area contributed by atoms with Crippen molar-refractivity contribution in [2.45, 2.75) is 11.0 Å². The van der Waals surface area contributed by atoms with Crippen molar-refractivity contribution in [3.8, 4) is 5.75 Å². The molecule has 0 aliphatic rings. The molecule has 0 saturated carbocycles. The van der Waals surface area contributed by atoms with E-state index in [0.717, 1.165) is 6.26 Å². The summed E-state index contributed by atoms with van der Waals surface area (Å²) < 4.78 is 28.4. The van der Waals surface area contributed by atoms with Gasteiger partial charge in [0.15, 0.2) is 9.84 Å². The summed E-state index contributed by atoms with van der Waals surface area (Å²) >= 11 is 0. The molecule has 0 fully saturated rings. The van der Waals surface area contributed by atoms with Crippen LogP contribution in [0.25, 0.3) is 0 Å². The lowest BCUT2D eigenvalue weighted by atomic mass is 10.1. The Labute approximate surface area is 123 Å². The number of anilines is 1. The third-order valence-corrected chi connectivity index (χ3v) is 4.07. The highest BCUT2D eigenvalue weighted by molar-refractivity contribution is 7.90. The van der Waals surface area contributed by atoms with Crippen LogP contribution in [-0.2, 0) is 9.84 Å². The zero-order valence-electron chi connectivity index (χ0n) is 11.6. The molecule has 21 heavy (non-hydrogen) atoms. The van der Waals surface area contributed by atoms with Crippen molar-refractivity contribution in [2.75, 3.05) is 18.6 Å². The topological polar surface area (TPSA) is 89.6 Å². The quantitative estimate of drug-likeness (QED) is 0.822. The van der Waals surface area contributed by atoms with Crippen LogP contribution in [0.15, 0.2) is 53.4 Å². The van der Waals surface area contributed by atoms with Gasteiger partial charge in [0.05, 0.1) is 4.90 Å².